The fourth-order valence-electron chi connectivity index (χ4n) is 3.60. The van der Waals surface area contributed by atoms with E-state index in [-0.39, 0.29) is 5.91 Å². The van der Waals surface area contributed by atoms with Crippen LogP contribution in [0.2, 0.25) is 0 Å². The van der Waals surface area contributed by atoms with Crippen LogP contribution in [0.25, 0.3) is 11.3 Å². The SMILES string of the molecule is CCON1CCC(c2ccc(-c3cccc(CC)n3)cc2C(N)=O)CC1. The molecule has 2 N–H and O–H groups in total. The number of nitrogens with two attached hydrogens (primary N) is 1. The maximum atomic E-state index is 12.1. The van der Waals surface area contributed by atoms with E-state index < -0.39 is 0 Å². The van der Waals surface area contributed by atoms with Crippen molar-refractivity contribution in [2.75, 3.05) is 19.7 Å². The summed E-state index contributed by atoms with van der Waals surface area (Å²) >= 11 is 0. The van der Waals surface area contributed by atoms with E-state index in [2.05, 4.69) is 24.0 Å². The van der Waals surface area contributed by atoms with E-state index in [1.807, 2.05) is 36.3 Å². The molecule has 0 aliphatic carbocycles. The highest BCUT2D eigenvalue weighted by Crippen LogP contribution is 2.32. The maximum absolute atomic E-state index is 12.1. The van der Waals surface area contributed by atoms with Gasteiger partial charge in [0.1, 0.15) is 0 Å². The number of hydrogen-bond donors (Lipinski definition) is 1. The lowest BCUT2D eigenvalue weighted by molar-refractivity contribution is -0.166. The van der Waals surface area contributed by atoms with Gasteiger partial charge in [-0.25, -0.2) is 0 Å². The van der Waals surface area contributed by atoms with Crippen LogP contribution in [0.15, 0.2) is 36.4 Å². The Labute approximate surface area is 155 Å². The Hall–Kier alpha value is -2.24. The van der Waals surface area contributed by atoms with Gasteiger partial charge in [0.05, 0.1) is 12.3 Å². The third kappa shape index (κ3) is 4.11. The van der Waals surface area contributed by atoms with Crippen LogP contribution in [0.3, 0.4) is 0 Å². The predicted octanol–water partition coefficient (Wildman–Crippen LogP) is 3.54. The van der Waals surface area contributed by atoms with Gasteiger partial charge in [0.15, 0.2) is 0 Å². The van der Waals surface area contributed by atoms with E-state index in [9.17, 15) is 4.79 Å². The molecule has 0 bridgehead atoms. The molecular weight excluding hydrogens is 326 g/mol. The molecule has 1 saturated heterocycles. The molecule has 2 aromatic rings. The summed E-state index contributed by atoms with van der Waals surface area (Å²) in [5.41, 5.74) is 10.2. The average molecular weight is 353 g/mol. The first-order chi connectivity index (χ1) is 12.6. The Morgan fingerprint density at radius 3 is 2.65 bits per heavy atom. The first-order valence-electron chi connectivity index (χ1n) is 9.40. The number of hydrogen-bond acceptors (Lipinski definition) is 4. The van der Waals surface area contributed by atoms with Gasteiger partial charge in [0.25, 0.3) is 0 Å². The number of benzene rings is 1. The van der Waals surface area contributed by atoms with Gasteiger partial charge in [-0.1, -0.05) is 25.1 Å². The molecule has 0 spiro atoms. The number of primary amides is 1. The number of nitrogens with zero attached hydrogens (tertiary/aromatic N) is 2. The summed E-state index contributed by atoms with van der Waals surface area (Å²) in [7, 11) is 0. The van der Waals surface area contributed by atoms with Crippen molar-refractivity contribution < 1.29 is 9.63 Å². The highest BCUT2D eigenvalue weighted by molar-refractivity contribution is 5.95. The minimum Gasteiger partial charge on any atom is -0.366 e. The molecule has 3 rings (SSSR count). The first kappa shape index (κ1) is 18.5. The molecule has 0 unspecified atom stereocenters. The van der Waals surface area contributed by atoms with E-state index in [0.29, 0.717) is 18.1 Å². The lowest BCUT2D eigenvalue weighted by Gasteiger charge is -2.31. The molecule has 1 fully saturated rings. The zero-order valence-corrected chi connectivity index (χ0v) is 15.6. The average Bonchev–Trinajstić information content (AvgIpc) is 2.68. The standard InChI is InChI=1S/C21H27N3O2/c1-3-17-6-5-7-20(23-17)16-8-9-18(19(14-16)21(22)25)15-10-12-24(13-11-15)26-4-2/h5-9,14-15H,3-4,10-13H2,1-2H3,(H2,22,25). The lowest BCUT2D eigenvalue weighted by Crippen LogP contribution is -2.33. The second kappa shape index (κ2) is 8.43. The normalized spacial score (nSPS) is 15.9. The zero-order valence-electron chi connectivity index (χ0n) is 15.6. The summed E-state index contributed by atoms with van der Waals surface area (Å²) < 4.78 is 0. The Balaban J connectivity index is 1.87. The quantitative estimate of drug-likeness (QED) is 0.862. The molecule has 1 amide bonds. The molecule has 1 aromatic heterocycles. The molecule has 0 saturated carbocycles. The number of piperidine rings is 1. The molecule has 138 valence electrons. The van der Waals surface area contributed by atoms with Gasteiger partial charge < -0.3 is 5.73 Å². The van der Waals surface area contributed by atoms with E-state index >= 15 is 0 Å². The molecule has 2 heterocycles. The highest BCUT2D eigenvalue weighted by atomic mass is 16.7. The van der Waals surface area contributed by atoms with Gasteiger partial charge in [-0.3, -0.25) is 14.6 Å². The molecule has 26 heavy (non-hydrogen) atoms. The van der Waals surface area contributed by atoms with E-state index in [1.54, 1.807) is 0 Å². The third-order valence-corrected chi connectivity index (χ3v) is 4.99. The summed E-state index contributed by atoms with van der Waals surface area (Å²) in [6.07, 6.45) is 2.80. The van der Waals surface area contributed by atoms with Crippen molar-refractivity contribution in [3.05, 3.63) is 53.2 Å². The Morgan fingerprint density at radius 2 is 2.00 bits per heavy atom. The van der Waals surface area contributed by atoms with Gasteiger partial charge >= 0.3 is 0 Å². The molecular formula is C21H27N3O2. The number of amides is 1. The van der Waals surface area contributed by atoms with Crippen molar-refractivity contribution in [1.82, 2.24) is 10.0 Å². The highest BCUT2D eigenvalue weighted by Gasteiger charge is 2.24. The summed E-state index contributed by atoms with van der Waals surface area (Å²) in [5, 5.41) is 2.01. The van der Waals surface area contributed by atoms with Gasteiger partial charge in [0, 0.05) is 29.9 Å². The Kier molecular flexibility index (Phi) is 6.01. The van der Waals surface area contributed by atoms with Crippen LogP contribution in [-0.4, -0.2) is 35.7 Å². The minimum absolute atomic E-state index is 0.332. The summed E-state index contributed by atoms with van der Waals surface area (Å²) in [6.45, 7) is 6.52. The monoisotopic (exact) mass is 353 g/mol. The van der Waals surface area contributed by atoms with Crippen molar-refractivity contribution in [3.8, 4) is 11.3 Å². The van der Waals surface area contributed by atoms with Crippen LogP contribution in [0.1, 0.15) is 54.2 Å². The van der Waals surface area contributed by atoms with Gasteiger partial charge in [-0.15, -0.1) is 0 Å². The van der Waals surface area contributed by atoms with Crippen LogP contribution in [-0.2, 0) is 11.3 Å². The fraction of sp³-hybridized carbons (Fsp3) is 0.429. The second-order valence-corrected chi connectivity index (χ2v) is 6.66. The smallest absolute Gasteiger partial charge is 0.249 e. The number of pyridine rings is 1. The van der Waals surface area contributed by atoms with Crippen LogP contribution in [0, 0.1) is 0 Å². The summed E-state index contributed by atoms with van der Waals surface area (Å²) in [6, 6.07) is 12.0. The third-order valence-electron chi connectivity index (χ3n) is 4.99. The van der Waals surface area contributed by atoms with Crippen LogP contribution >= 0.6 is 0 Å². The van der Waals surface area contributed by atoms with Gasteiger partial charge in [0.2, 0.25) is 5.91 Å². The van der Waals surface area contributed by atoms with Crippen molar-refractivity contribution in [2.24, 2.45) is 5.73 Å². The van der Waals surface area contributed by atoms with Gasteiger partial charge in [-0.05, 0) is 55.9 Å². The minimum atomic E-state index is -0.374. The number of carbonyl (C=O) groups is 1. The number of carbonyl (C=O) groups excluding carboxylic acids is 1. The second-order valence-electron chi connectivity index (χ2n) is 6.66. The van der Waals surface area contributed by atoms with Gasteiger partial charge in [-0.2, -0.15) is 5.06 Å². The molecule has 5 heteroatoms. The van der Waals surface area contributed by atoms with Crippen LogP contribution in [0.5, 0.6) is 0 Å². The van der Waals surface area contributed by atoms with E-state index in [0.717, 1.165) is 54.9 Å². The largest absolute Gasteiger partial charge is 0.366 e. The van der Waals surface area contributed by atoms with Crippen LogP contribution in [0.4, 0.5) is 0 Å². The number of aromatic nitrogens is 1. The summed E-state index contributed by atoms with van der Waals surface area (Å²) in [4.78, 5) is 22.3. The van der Waals surface area contributed by atoms with Crippen molar-refractivity contribution in [2.45, 2.75) is 39.0 Å². The van der Waals surface area contributed by atoms with E-state index in [1.165, 1.54) is 0 Å². The molecule has 1 aliphatic heterocycles. The van der Waals surface area contributed by atoms with E-state index in [4.69, 9.17) is 10.6 Å². The Morgan fingerprint density at radius 1 is 1.23 bits per heavy atom. The topological polar surface area (TPSA) is 68.4 Å². The molecule has 1 aliphatic rings. The number of aryl methyl sites for hydroxylation is 1. The zero-order chi connectivity index (χ0) is 18.5. The fourth-order valence-corrected chi connectivity index (χ4v) is 3.60. The lowest BCUT2D eigenvalue weighted by atomic mass is 9.85. The predicted molar refractivity (Wildman–Crippen MR) is 103 cm³/mol. The molecule has 1 aromatic carbocycles. The van der Waals surface area contributed by atoms with Crippen LogP contribution < -0.4 is 5.73 Å². The van der Waals surface area contributed by atoms with Crippen molar-refractivity contribution in [3.63, 3.8) is 0 Å². The Bertz CT molecular complexity index is 768. The summed E-state index contributed by atoms with van der Waals surface area (Å²) in [5.74, 6) is -0.0427. The molecule has 0 radical (unpaired) electrons. The van der Waals surface area contributed by atoms with Crippen molar-refractivity contribution >= 4 is 5.91 Å². The first-order valence-corrected chi connectivity index (χ1v) is 9.40. The molecule has 0 atom stereocenters. The number of hydroxylamine groups is 2. The maximum Gasteiger partial charge on any atom is 0.249 e. The van der Waals surface area contributed by atoms with Crippen molar-refractivity contribution in [1.29, 1.82) is 0 Å². The molecule has 5 nitrogen and oxygen atoms in total. The number of rotatable bonds is 6.